The highest BCUT2D eigenvalue weighted by Crippen LogP contribution is 2.11. The Morgan fingerprint density at radius 3 is 2.64 bits per heavy atom. The van der Waals surface area contributed by atoms with Crippen LogP contribution in [-0.2, 0) is 0 Å². The second-order valence-electron chi connectivity index (χ2n) is 2.21. The molecular formula is C8H8BNO. The number of rotatable bonds is 2. The molecule has 54 valence electrons. The lowest BCUT2D eigenvalue weighted by atomic mass is 9.95. The van der Waals surface area contributed by atoms with Gasteiger partial charge in [-0.15, -0.1) is 0 Å². The maximum atomic E-state index is 11.0. The van der Waals surface area contributed by atoms with E-state index in [1.54, 1.807) is 24.3 Å². The van der Waals surface area contributed by atoms with E-state index in [0.717, 1.165) is 0 Å². The second-order valence-corrected chi connectivity index (χ2v) is 2.21. The number of hydrogen-bond acceptors (Lipinski definition) is 2. The molecule has 0 fully saturated rings. The Bertz CT molecular complexity index is 273. The molecule has 2 nitrogen and oxygen atoms in total. The van der Waals surface area contributed by atoms with Crippen LogP contribution in [-0.4, -0.2) is 13.6 Å². The summed E-state index contributed by atoms with van der Waals surface area (Å²) < 4.78 is 0. The van der Waals surface area contributed by atoms with Gasteiger partial charge in [0.1, 0.15) is 0 Å². The summed E-state index contributed by atoms with van der Waals surface area (Å²) in [7, 11) is 5.17. The van der Waals surface area contributed by atoms with E-state index in [4.69, 9.17) is 13.6 Å². The van der Waals surface area contributed by atoms with Crippen LogP contribution in [0.15, 0.2) is 24.3 Å². The van der Waals surface area contributed by atoms with Gasteiger partial charge in [0.05, 0.1) is 7.85 Å². The Kier molecular flexibility index (Phi) is 2.31. The maximum absolute atomic E-state index is 11.0. The molecule has 0 amide bonds. The Balaban J connectivity index is 3.03. The van der Waals surface area contributed by atoms with Gasteiger partial charge in [0.25, 0.3) is 0 Å². The number of para-hydroxylation sites is 1. The molecule has 0 unspecified atom stereocenters. The van der Waals surface area contributed by atoms with Gasteiger partial charge in [-0.05, 0) is 18.5 Å². The third-order valence-corrected chi connectivity index (χ3v) is 1.45. The van der Waals surface area contributed by atoms with Crippen molar-refractivity contribution in [1.29, 1.82) is 0 Å². The van der Waals surface area contributed by atoms with Gasteiger partial charge in [0.15, 0.2) is 5.78 Å². The molecule has 1 aromatic rings. The third kappa shape index (κ3) is 1.61. The molecule has 0 heterocycles. The van der Waals surface area contributed by atoms with E-state index < -0.39 is 0 Å². The van der Waals surface area contributed by atoms with Gasteiger partial charge >= 0.3 is 0 Å². The number of benzene rings is 1. The van der Waals surface area contributed by atoms with Crippen LogP contribution in [0.2, 0.25) is 6.32 Å². The van der Waals surface area contributed by atoms with Gasteiger partial charge in [-0.2, -0.15) is 0 Å². The second kappa shape index (κ2) is 3.24. The number of anilines is 1. The number of carbonyl (C=O) groups is 1. The van der Waals surface area contributed by atoms with Crippen LogP contribution in [0, 0.1) is 0 Å². The Labute approximate surface area is 66.8 Å². The first-order valence-corrected chi connectivity index (χ1v) is 3.33. The minimum atomic E-state index is -0.122. The molecule has 0 saturated heterocycles. The first kappa shape index (κ1) is 7.86. The van der Waals surface area contributed by atoms with E-state index in [9.17, 15) is 4.79 Å². The average molecular weight is 145 g/mol. The monoisotopic (exact) mass is 145 g/mol. The molecule has 11 heavy (non-hydrogen) atoms. The van der Waals surface area contributed by atoms with E-state index >= 15 is 0 Å². The smallest absolute Gasteiger partial charge is 0.156 e. The van der Waals surface area contributed by atoms with E-state index in [0.29, 0.717) is 11.3 Å². The van der Waals surface area contributed by atoms with Crippen LogP contribution in [0.25, 0.3) is 0 Å². The molecule has 1 rings (SSSR count). The lowest BCUT2D eigenvalue weighted by Gasteiger charge is -2.00. The molecule has 0 aliphatic heterocycles. The van der Waals surface area contributed by atoms with E-state index in [1.165, 1.54) is 0 Å². The van der Waals surface area contributed by atoms with Crippen LogP contribution in [0.5, 0.6) is 0 Å². The fourth-order valence-electron chi connectivity index (χ4n) is 0.861. The minimum absolute atomic E-state index is 0.00815. The fourth-order valence-corrected chi connectivity index (χ4v) is 0.861. The summed E-state index contributed by atoms with van der Waals surface area (Å²) >= 11 is 0. The minimum Gasteiger partial charge on any atom is -0.398 e. The summed E-state index contributed by atoms with van der Waals surface area (Å²) in [6, 6.07) is 6.90. The van der Waals surface area contributed by atoms with Crippen LogP contribution in [0.1, 0.15) is 10.4 Å². The van der Waals surface area contributed by atoms with Crippen molar-refractivity contribution in [3.05, 3.63) is 29.8 Å². The predicted molar refractivity (Wildman–Crippen MR) is 45.7 cm³/mol. The van der Waals surface area contributed by atoms with Crippen molar-refractivity contribution in [3.63, 3.8) is 0 Å². The highest BCUT2D eigenvalue weighted by molar-refractivity contribution is 6.24. The molecule has 3 heteroatoms. The standard InChI is InChI=1S/C8H8BNO/c9-5-8(11)6-3-1-2-4-7(6)10/h1-4H,5,10H2. The van der Waals surface area contributed by atoms with Crippen molar-refractivity contribution in [1.82, 2.24) is 0 Å². The fraction of sp³-hybridized carbons (Fsp3) is 0.125. The van der Waals surface area contributed by atoms with Gasteiger partial charge in [0.2, 0.25) is 0 Å². The summed E-state index contributed by atoms with van der Waals surface area (Å²) in [4.78, 5) is 11.0. The number of hydrogen-bond donors (Lipinski definition) is 1. The molecule has 0 atom stereocenters. The van der Waals surface area contributed by atoms with Crippen molar-refractivity contribution in [3.8, 4) is 0 Å². The van der Waals surface area contributed by atoms with Gasteiger partial charge in [-0.1, -0.05) is 12.1 Å². The highest BCUT2D eigenvalue weighted by Gasteiger charge is 2.04. The average Bonchev–Trinajstić information content (AvgIpc) is 2.04. The molecule has 0 spiro atoms. The first-order chi connectivity index (χ1) is 5.25. The van der Waals surface area contributed by atoms with E-state index in [-0.39, 0.29) is 12.1 Å². The van der Waals surface area contributed by atoms with Gasteiger partial charge in [-0.3, -0.25) is 4.79 Å². The summed E-state index contributed by atoms with van der Waals surface area (Å²) in [6.45, 7) is 0. The Morgan fingerprint density at radius 1 is 1.45 bits per heavy atom. The number of ketones is 1. The van der Waals surface area contributed by atoms with Crippen LogP contribution >= 0.6 is 0 Å². The van der Waals surface area contributed by atoms with Gasteiger partial charge < -0.3 is 5.73 Å². The summed E-state index contributed by atoms with van der Waals surface area (Å²) in [5, 5.41) is 0. The van der Waals surface area contributed by atoms with Gasteiger partial charge in [0, 0.05) is 11.3 Å². The largest absolute Gasteiger partial charge is 0.398 e. The first-order valence-electron chi connectivity index (χ1n) is 3.33. The van der Waals surface area contributed by atoms with Crippen molar-refractivity contribution < 1.29 is 4.79 Å². The van der Waals surface area contributed by atoms with Crippen LogP contribution < -0.4 is 5.73 Å². The predicted octanol–water partition coefficient (Wildman–Crippen LogP) is 1.04. The molecule has 2 radical (unpaired) electrons. The maximum Gasteiger partial charge on any atom is 0.156 e. The van der Waals surface area contributed by atoms with E-state index in [1.807, 2.05) is 0 Å². The third-order valence-electron chi connectivity index (χ3n) is 1.45. The molecule has 0 bridgehead atoms. The van der Waals surface area contributed by atoms with Crippen LogP contribution in [0.3, 0.4) is 0 Å². The van der Waals surface area contributed by atoms with Crippen molar-refractivity contribution in [2.24, 2.45) is 0 Å². The quantitative estimate of drug-likeness (QED) is 0.383. The zero-order chi connectivity index (χ0) is 8.27. The zero-order valence-corrected chi connectivity index (χ0v) is 6.08. The topological polar surface area (TPSA) is 43.1 Å². The van der Waals surface area contributed by atoms with Crippen molar-refractivity contribution >= 4 is 19.3 Å². The van der Waals surface area contributed by atoms with Crippen LogP contribution in [0.4, 0.5) is 5.69 Å². The number of nitrogens with two attached hydrogens (primary N) is 1. The molecular weight excluding hydrogens is 137 g/mol. The Hall–Kier alpha value is -1.25. The molecule has 0 aliphatic carbocycles. The molecule has 0 aliphatic rings. The lowest BCUT2D eigenvalue weighted by molar-refractivity contribution is 0.101. The van der Waals surface area contributed by atoms with Crippen molar-refractivity contribution in [2.45, 2.75) is 6.32 Å². The summed E-state index contributed by atoms with van der Waals surface area (Å²) in [5.41, 5.74) is 6.52. The number of carbonyl (C=O) groups excluding carboxylic acids is 1. The highest BCUT2D eigenvalue weighted by atomic mass is 16.1. The van der Waals surface area contributed by atoms with Crippen molar-refractivity contribution in [2.75, 3.05) is 5.73 Å². The van der Waals surface area contributed by atoms with E-state index in [2.05, 4.69) is 0 Å². The summed E-state index contributed by atoms with van der Waals surface area (Å²) in [6.07, 6.45) is 0.00815. The number of nitrogen functional groups attached to an aromatic ring is 1. The molecule has 1 aromatic carbocycles. The molecule has 2 N–H and O–H groups in total. The number of Topliss-reactive ketones (excluding diaryl/α,β-unsaturated/α-hetero) is 1. The molecule has 0 saturated carbocycles. The Morgan fingerprint density at radius 2 is 2.09 bits per heavy atom. The zero-order valence-electron chi connectivity index (χ0n) is 6.08. The lowest BCUT2D eigenvalue weighted by Crippen LogP contribution is -2.01. The van der Waals surface area contributed by atoms with Gasteiger partial charge in [-0.25, -0.2) is 0 Å². The summed E-state index contributed by atoms with van der Waals surface area (Å²) in [5.74, 6) is -0.122. The molecule has 0 aromatic heterocycles. The normalized spacial score (nSPS) is 9.45. The SMILES string of the molecule is [B]CC(=O)c1ccccc1N.